The number of carbonyl (C=O) groups excluding carboxylic acids is 3. The molecule has 2 aromatic rings. The lowest BCUT2D eigenvalue weighted by molar-refractivity contribution is -0.164. The summed E-state index contributed by atoms with van der Waals surface area (Å²) in [5.41, 5.74) is -0.952. The number of nitrogens with one attached hydrogen (secondary N) is 1. The van der Waals surface area contributed by atoms with Crippen molar-refractivity contribution < 1.29 is 28.7 Å². The molecule has 0 aliphatic carbocycles. The Morgan fingerprint density at radius 1 is 1.15 bits per heavy atom. The molecule has 1 aliphatic rings. The van der Waals surface area contributed by atoms with Gasteiger partial charge in [-0.2, -0.15) is 0 Å². The first kappa shape index (κ1) is 24.2. The molecule has 176 valence electrons. The van der Waals surface area contributed by atoms with Crippen molar-refractivity contribution in [2.45, 2.75) is 64.2 Å². The first-order valence-corrected chi connectivity index (χ1v) is 10.9. The van der Waals surface area contributed by atoms with Gasteiger partial charge in [-0.05, 0) is 57.0 Å². The zero-order chi connectivity index (χ0) is 24.2. The fourth-order valence-electron chi connectivity index (χ4n) is 3.63. The molecule has 2 atom stereocenters. The maximum Gasteiger partial charge on any atom is 0.353 e. The third-order valence-electron chi connectivity index (χ3n) is 5.28. The molecule has 33 heavy (non-hydrogen) atoms. The number of benzene rings is 2. The molecule has 0 spiro atoms. The average molecular weight is 455 g/mol. The Kier molecular flexibility index (Phi) is 7.05. The minimum atomic E-state index is -1.28. The predicted molar refractivity (Wildman–Crippen MR) is 124 cm³/mol. The number of hydrogen-bond acceptors (Lipinski definition) is 7. The number of rotatable bonds is 7. The van der Waals surface area contributed by atoms with Gasteiger partial charge in [-0.25, -0.2) is 4.79 Å². The number of methoxy groups -OCH3 is 1. The summed E-state index contributed by atoms with van der Waals surface area (Å²) in [6.07, 6.45) is 0.443. The van der Waals surface area contributed by atoms with Crippen LogP contribution in [0.3, 0.4) is 0 Å². The summed E-state index contributed by atoms with van der Waals surface area (Å²) in [4.78, 5) is 42.8. The number of oxime groups is 1. The van der Waals surface area contributed by atoms with Gasteiger partial charge in [-0.3, -0.25) is 9.59 Å². The Hall–Kier alpha value is -3.42. The highest BCUT2D eigenvalue weighted by atomic mass is 16.7. The number of nitrogens with zero attached hydrogens (tertiary/aromatic N) is 1. The van der Waals surface area contributed by atoms with E-state index in [2.05, 4.69) is 10.5 Å². The Balaban J connectivity index is 1.77. The molecule has 8 heteroatoms. The van der Waals surface area contributed by atoms with Crippen LogP contribution in [0.4, 0.5) is 0 Å². The van der Waals surface area contributed by atoms with Gasteiger partial charge < -0.3 is 19.6 Å². The summed E-state index contributed by atoms with van der Waals surface area (Å²) in [5, 5.41) is 8.97. The Morgan fingerprint density at radius 2 is 1.85 bits per heavy atom. The molecule has 1 heterocycles. The maximum absolute atomic E-state index is 13.1. The Labute approximate surface area is 193 Å². The Morgan fingerprint density at radius 3 is 2.52 bits per heavy atom. The van der Waals surface area contributed by atoms with E-state index in [1.54, 1.807) is 39.8 Å². The number of carbonyl (C=O) groups is 3. The molecule has 1 N–H and O–H groups in total. The molecule has 3 rings (SSSR count). The maximum atomic E-state index is 13.1. The number of esters is 2. The number of ether oxygens (including phenoxy) is 2. The van der Waals surface area contributed by atoms with E-state index in [1.807, 2.05) is 30.3 Å². The highest BCUT2D eigenvalue weighted by molar-refractivity contribution is 6.03. The van der Waals surface area contributed by atoms with Gasteiger partial charge in [-0.1, -0.05) is 35.5 Å². The van der Waals surface area contributed by atoms with Crippen molar-refractivity contribution in [3.05, 3.63) is 48.0 Å². The molecule has 8 nitrogen and oxygen atoms in total. The second-order valence-corrected chi connectivity index (χ2v) is 9.29. The highest BCUT2D eigenvalue weighted by Crippen LogP contribution is 2.27. The van der Waals surface area contributed by atoms with Crippen LogP contribution in [0.5, 0.6) is 0 Å². The van der Waals surface area contributed by atoms with E-state index >= 15 is 0 Å². The van der Waals surface area contributed by atoms with Crippen molar-refractivity contribution in [3.8, 4) is 0 Å². The van der Waals surface area contributed by atoms with Crippen molar-refractivity contribution in [1.82, 2.24) is 5.32 Å². The molecule has 0 fully saturated rings. The fourth-order valence-corrected chi connectivity index (χ4v) is 3.63. The molecular formula is C25H30N2O6. The molecule has 2 aromatic carbocycles. The Bertz CT molecular complexity index is 1090. The van der Waals surface area contributed by atoms with E-state index in [-0.39, 0.29) is 31.1 Å². The molecule has 0 saturated carbocycles. The van der Waals surface area contributed by atoms with Gasteiger partial charge in [0.05, 0.1) is 18.9 Å². The van der Waals surface area contributed by atoms with E-state index in [4.69, 9.17) is 14.3 Å². The quantitative estimate of drug-likeness (QED) is 0.639. The van der Waals surface area contributed by atoms with Crippen molar-refractivity contribution >= 4 is 34.3 Å². The molecule has 0 radical (unpaired) electrons. The minimum absolute atomic E-state index is 0.0634. The van der Waals surface area contributed by atoms with E-state index in [9.17, 15) is 14.4 Å². The van der Waals surface area contributed by atoms with Crippen molar-refractivity contribution in [2.75, 3.05) is 7.11 Å². The van der Waals surface area contributed by atoms with Crippen LogP contribution in [-0.4, -0.2) is 47.9 Å². The standard InChI is InChI=1S/C25H30N2O6/c1-24(2,3)32-21(28)13-12-19(20-15-25(4,33-27-20)23(30)31-5)26-22(29)18-11-10-16-8-6-7-9-17(16)14-18/h6-11,14,19H,12-13,15H2,1-5H3,(H,26,29)/t19-,25?/m0/s1. The van der Waals surface area contributed by atoms with Crippen LogP contribution in [0.1, 0.15) is 57.3 Å². The molecule has 0 saturated heterocycles. The normalized spacial score (nSPS) is 18.8. The lowest BCUT2D eigenvalue weighted by atomic mass is 9.94. The van der Waals surface area contributed by atoms with Crippen LogP contribution in [0.2, 0.25) is 0 Å². The van der Waals surface area contributed by atoms with Gasteiger partial charge in [0.15, 0.2) is 0 Å². The van der Waals surface area contributed by atoms with Gasteiger partial charge in [0, 0.05) is 18.4 Å². The zero-order valence-corrected chi connectivity index (χ0v) is 19.6. The third-order valence-corrected chi connectivity index (χ3v) is 5.28. The SMILES string of the molecule is COC(=O)C1(C)CC([C@H](CCC(=O)OC(C)(C)C)NC(=O)c2ccc3ccccc3c2)=NO1. The highest BCUT2D eigenvalue weighted by Gasteiger charge is 2.45. The first-order valence-electron chi connectivity index (χ1n) is 10.9. The van der Waals surface area contributed by atoms with Gasteiger partial charge in [0.1, 0.15) is 5.60 Å². The fraction of sp³-hybridized carbons (Fsp3) is 0.440. The molecule has 1 unspecified atom stereocenters. The van der Waals surface area contributed by atoms with Gasteiger partial charge in [0.25, 0.3) is 5.91 Å². The summed E-state index contributed by atoms with van der Waals surface area (Å²) in [6.45, 7) is 6.95. The smallest absolute Gasteiger partial charge is 0.353 e. The summed E-state index contributed by atoms with van der Waals surface area (Å²) in [7, 11) is 1.27. The summed E-state index contributed by atoms with van der Waals surface area (Å²) >= 11 is 0. The second kappa shape index (κ2) is 9.60. The summed E-state index contributed by atoms with van der Waals surface area (Å²) in [5.74, 6) is -1.26. The molecule has 0 aromatic heterocycles. The molecular weight excluding hydrogens is 424 g/mol. The van der Waals surface area contributed by atoms with Crippen molar-refractivity contribution in [2.24, 2.45) is 5.16 Å². The van der Waals surface area contributed by atoms with Gasteiger partial charge in [0.2, 0.25) is 5.60 Å². The van der Waals surface area contributed by atoms with Crippen LogP contribution in [0.25, 0.3) is 10.8 Å². The topological polar surface area (TPSA) is 103 Å². The lowest BCUT2D eigenvalue weighted by Gasteiger charge is -2.22. The molecule has 0 bridgehead atoms. The lowest BCUT2D eigenvalue weighted by Crippen LogP contribution is -2.44. The van der Waals surface area contributed by atoms with Crippen LogP contribution < -0.4 is 5.32 Å². The molecule has 1 aliphatic heterocycles. The van der Waals surface area contributed by atoms with E-state index in [0.29, 0.717) is 11.3 Å². The van der Waals surface area contributed by atoms with Gasteiger partial charge in [-0.15, -0.1) is 0 Å². The summed E-state index contributed by atoms with van der Waals surface area (Å²) in [6, 6.07) is 12.6. The van der Waals surface area contributed by atoms with Gasteiger partial charge >= 0.3 is 11.9 Å². The monoisotopic (exact) mass is 454 g/mol. The average Bonchev–Trinajstić information content (AvgIpc) is 3.17. The largest absolute Gasteiger partial charge is 0.466 e. The number of hydrogen-bond donors (Lipinski definition) is 1. The first-order chi connectivity index (χ1) is 15.5. The summed E-state index contributed by atoms with van der Waals surface area (Å²) < 4.78 is 10.2. The second-order valence-electron chi connectivity index (χ2n) is 9.29. The predicted octanol–water partition coefficient (Wildman–Crippen LogP) is 3.77. The minimum Gasteiger partial charge on any atom is -0.466 e. The van der Waals surface area contributed by atoms with Crippen molar-refractivity contribution in [3.63, 3.8) is 0 Å². The van der Waals surface area contributed by atoms with Crippen LogP contribution in [-0.2, 0) is 23.9 Å². The van der Waals surface area contributed by atoms with E-state index in [1.165, 1.54) is 7.11 Å². The van der Waals surface area contributed by atoms with Crippen LogP contribution in [0.15, 0.2) is 47.6 Å². The van der Waals surface area contributed by atoms with Crippen LogP contribution >= 0.6 is 0 Å². The molecule has 1 amide bonds. The van der Waals surface area contributed by atoms with E-state index < -0.39 is 23.2 Å². The third kappa shape index (κ3) is 6.09. The number of amides is 1. The van der Waals surface area contributed by atoms with Crippen molar-refractivity contribution in [1.29, 1.82) is 0 Å². The van der Waals surface area contributed by atoms with Crippen LogP contribution in [0, 0.1) is 0 Å². The zero-order valence-electron chi connectivity index (χ0n) is 19.6. The van der Waals surface area contributed by atoms with E-state index in [0.717, 1.165) is 10.8 Å². The number of fused-ring (bicyclic) bond motifs is 1.